The number of benzene rings is 2. The lowest BCUT2D eigenvalue weighted by atomic mass is 10.2. The average molecular weight is 290 g/mol. The summed E-state index contributed by atoms with van der Waals surface area (Å²) in [6.07, 6.45) is 0. The molecule has 110 valence electrons. The Bertz CT molecular complexity index is 629. The monoisotopic (exact) mass is 290 g/mol. The Kier molecular flexibility index (Phi) is 4.71. The molecule has 1 N–H and O–H groups in total. The highest BCUT2D eigenvalue weighted by Crippen LogP contribution is 2.20. The third kappa shape index (κ3) is 3.92. The van der Waals surface area contributed by atoms with Crippen molar-refractivity contribution in [3.8, 4) is 5.75 Å². The van der Waals surface area contributed by atoms with Gasteiger partial charge in [0.2, 0.25) is 5.82 Å². The highest BCUT2D eigenvalue weighted by atomic mass is 19.1. The van der Waals surface area contributed by atoms with Crippen molar-refractivity contribution in [2.45, 2.75) is 13.5 Å². The first kappa shape index (κ1) is 14.8. The Morgan fingerprint density at radius 1 is 1.24 bits per heavy atom. The molecule has 0 fully saturated rings. The molecule has 2 aromatic carbocycles. The van der Waals surface area contributed by atoms with Crippen LogP contribution in [0.1, 0.15) is 12.5 Å². The summed E-state index contributed by atoms with van der Waals surface area (Å²) in [6, 6.07) is 11.2. The molecule has 0 bridgehead atoms. The molecule has 5 nitrogen and oxygen atoms in total. The van der Waals surface area contributed by atoms with Crippen LogP contribution >= 0.6 is 0 Å². The van der Waals surface area contributed by atoms with Crippen LogP contribution in [0.2, 0.25) is 0 Å². The molecule has 0 radical (unpaired) electrons. The van der Waals surface area contributed by atoms with Crippen molar-refractivity contribution in [3.05, 3.63) is 64.0 Å². The van der Waals surface area contributed by atoms with Gasteiger partial charge in [0, 0.05) is 18.3 Å². The highest BCUT2D eigenvalue weighted by molar-refractivity contribution is 5.47. The van der Waals surface area contributed by atoms with Crippen LogP contribution in [0.3, 0.4) is 0 Å². The van der Waals surface area contributed by atoms with Crippen LogP contribution < -0.4 is 10.1 Å². The van der Waals surface area contributed by atoms with Gasteiger partial charge >= 0.3 is 5.69 Å². The standard InChI is InChI=1S/C15H15FN2O3/c1-2-21-13-6-4-12(5-7-13)17-10-11-3-8-15(18(19)20)14(16)9-11/h3-9,17H,2,10H2,1H3. The van der Waals surface area contributed by atoms with Crippen molar-refractivity contribution < 1.29 is 14.1 Å². The number of hydrogen-bond donors (Lipinski definition) is 1. The van der Waals surface area contributed by atoms with Gasteiger partial charge < -0.3 is 10.1 Å². The first-order chi connectivity index (χ1) is 10.1. The van der Waals surface area contributed by atoms with E-state index < -0.39 is 16.4 Å². The second-order valence-electron chi connectivity index (χ2n) is 4.35. The molecule has 0 atom stereocenters. The van der Waals surface area contributed by atoms with Gasteiger partial charge in [-0.05, 0) is 42.8 Å². The lowest BCUT2D eigenvalue weighted by molar-refractivity contribution is -0.387. The second kappa shape index (κ2) is 6.69. The van der Waals surface area contributed by atoms with E-state index in [0.717, 1.165) is 11.4 Å². The van der Waals surface area contributed by atoms with Crippen molar-refractivity contribution in [3.63, 3.8) is 0 Å². The van der Waals surface area contributed by atoms with E-state index in [1.54, 1.807) is 0 Å². The molecule has 0 saturated heterocycles. The minimum absolute atomic E-state index is 0.378. The number of nitrogens with zero attached hydrogens (tertiary/aromatic N) is 1. The minimum atomic E-state index is -0.828. The lowest BCUT2D eigenvalue weighted by Crippen LogP contribution is -2.01. The molecule has 0 aromatic heterocycles. The maximum atomic E-state index is 13.5. The molecule has 2 aromatic rings. The van der Waals surface area contributed by atoms with E-state index in [9.17, 15) is 14.5 Å². The summed E-state index contributed by atoms with van der Waals surface area (Å²) in [6.45, 7) is 2.90. The number of rotatable bonds is 6. The summed E-state index contributed by atoms with van der Waals surface area (Å²) in [5.41, 5.74) is 0.976. The van der Waals surface area contributed by atoms with E-state index in [-0.39, 0.29) is 0 Å². The van der Waals surface area contributed by atoms with E-state index in [1.807, 2.05) is 31.2 Å². The predicted octanol–water partition coefficient (Wildman–Crippen LogP) is 3.74. The third-order valence-electron chi connectivity index (χ3n) is 2.87. The predicted molar refractivity (Wildman–Crippen MR) is 78.0 cm³/mol. The molecule has 0 amide bonds. The number of ether oxygens (including phenoxy) is 1. The molecule has 2 rings (SSSR count). The number of nitro groups is 1. The van der Waals surface area contributed by atoms with Gasteiger partial charge in [0.1, 0.15) is 5.75 Å². The maximum Gasteiger partial charge on any atom is 0.304 e. The normalized spacial score (nSPS) is 10.2. The number of anilines is 1. The van der Waals surface area contributed by atoms with Crippen LogP contribution in [0.15, 0.2) is 42.5 Å². The molecule has 6 heteroatoms. The van der Waals surface area contributed by atoms with E-state index in [1.165, 1.54) is 18.2 Å². The van der Waals surface area contributed by atoms with Gasteiger partial charge in [-0.2, -0.15) is 4.39 Å². The quantitative estimate of drug-likeness (QED) is 0.650. The van der Waals surface area contributed by atoms with Crippen molar-refractivity contribution in [1.29, 1.82) is 0 Å². The zero-order chi connectivity index (χ0) is 15.2. The van der Waals surface area contributed by atoms with Gasteiger partial charge in [0.15, 0.2) is 0 Å². The van der Waals surface area contributed by atoms with Gasteiger partial charge in [0.25, 0.3) is 0 Å². The Morgan fingerprint density at radius 2 is 1.95 bits per heavy atom. The molecular formula is C15H15FN2O3. The van der Waals surface area contributed by atoms with Gasteiger partial charge in [-0.1, -0.05) is 6.07 Å². The summed E-state index contributed by atoms with van der Waals surface area (Å²) in [7, 11) is 0. The van der Waals surface area contributed by atoms with Gasteiger partial charge in [-0.3, -0.25) is 10.1 Å². The Labute approximate surface area is 121 Å². The summed E-state index contributed by atoms with van der Waals surface area (Å²) < 4.78 is 18.8. The fourth-order valence-corrected chi connectivity index (χ4v) is 1.85. The van der Waals surface area contributed by atoms with E-state index >= 15 is 0 Å². The average Bonchev–Trinajstić information content (AvgIpc) is 2.46. The lowest BCUT2D eigenvalue weighted by Gasteiger charge is -2.08. The number of nitro benzene ring substituents is 1. The van der Waals surface area contributed by atoms with Crippen molar-refractivity contribution in [2.75, 3.05) is 11.9 Å². The van der Waals surface area contributed by atoms with Crippen LogP contribution in [-0.4, -0.2) is 11.5 Å². The highest BCUT2D eigenvalue weighted by Gasteiger charge is 2.13. The van der Waals surface area contributed by atoms with Gasteiger partial charge in [0.05, 0.1) is 11.5 Å². The maximum absolute atomic E-state index is 13.5. The van der Waals surface area contributed by atoms with E-state index in [0.29, 0.717) is 18.7 Å². The van der Waals surface area contributed by atoms with Crippen LogP contribution in [0, 0.1) is 15.9 Å². The largest absolute Gasteiger partial charge is 0.494 e. The first-order valence-corrected chi connectivity index (χ1v) is 6.49. The zero-order valence-corrected chi connectivity index (χ0v) is 11.5. The SMILES string of the molecule is CCOc1ccc(NCc2ccc([N+](=O)[O-])c(F)c2)cc1. The van der Waals surface area contributed by atoms with E-state index in [4.69, 9.17) is 4.74 Å². The number of nitrogens with one attached hydrogen (secondary N) is 1. The molecule has 21 heavy (non-hydrogen) atoms. The number of halogens is 1. The van der Waals surface area contributed by atoms with Gasteiger partial charge in [-0.25, -0.2) is 0 Å². The molecule has 0 heterocycles. The fourth-order valence-electron chi connectivity index (χ4n) is 1.85. The molecule has 0 spiro atoms. The molecular weight excluding hydrogens is 275 g/mol. The Hall–Kier alpha value is -2.63. The Morgan fingerprint density at radius 3 is 2.52 bits per heavy atom. The van der Waals surface area contributed by atoms with Crippen LogP contribution in [0.5, 0.6) is 5.75 Å². The van der Waals surface area contributed by atoms with Crippen LogP contribution in [0.25, 0.3) is 0 Å². The second-order valence-corrected chi connectivity index (χ2v) is 4.35. The fraction of sp³-hybridized carbons (Fsp3) is 0.200. The van der Waals surface area contributed by atoms with Crippen LogP contribution in [-0.2, 0) is 6.54 Å². The van der Waals surface area contributed by atoms with E-state index in [2.05, 4.69) is 5.32 Å². The third-order valence-corrected chi connectivity index (χ3v) is 2.87. The molecule has 0 aliphatic carbocycles. The molecule has 0 saturated carbocycles. The van der Waals surface area contributed by atoms with Crippen molar-refractivity contribution in [1.82, 2.24) is 0 Å². The topological polar surface area (TPSA) is 64.4 Å². The molecule has 0 aliphatic rings. The molecule has 0 aliphatic heterocycles. The summed E-state index contributed by atoms with van der Waals surface area (Å²) in [5, 5.41) is 13.6. The first-order valence-electron chi connectivity index (χ1n) is 6.49. The summed E-state index contributed by atoms with van der Waals surface area (Å²) in [4.78, 5) is 9.80. The minimum Gasteiger partial charge on any atom is -0.494 e. The number of hydrogen-bond acceptors (Lipinski definition) is 4. The molecule has 0 unspecified atom stereocenters. The smallest absolute Gasteiger partial charge is 0.304 e. The van der Waals surface area contributed by atoms with Crippen LogP contribution in [0.4, 0.5) is 15.8 Å². The summed E-state index contributed by atoms with van der Waals surface area (Å²) >= 11 is 0. The zero-order valence-electron chi connectivity index (χ0n) is 11.5. The van der Waals surface area contributed by atoms with Gasteiger partial charge in [-0.15, -0.1) is 0 Å². The van der Waals surface area contributed by atoms with Crippen molar-refractivity contribution >= 4 is 11.4 Å². The summed E-state index contributed by atoms with van der Waals surface area (Å²) in [5.74, 6) is -0.0459. The van der Waals surface area contributed by atoms with Crippen molar-refractivity contribution in [2.24, 2.45) is 0 Å². The Balaban J connectivity index is 1.99.